The molecule has 2 aliphatic rings. The van der Waals surface area contributed by atoms with E-state index in [1.807, 2.05) is 6.92 Å². The molecule has 0 radical (unpaired) electrons. The van der Waals surface area contributed by atoms with Gasteiger partial charge >= 0.3 is 0 Å². The maximum absolute atomic E-state index is 14.5. The Bertz CT molecular complexity index is 545. The molecule has 1 saturated carbocycles. The molecule has 1 atom stereocenters. The fourth-order valence-corrected chi connectivity index (χ4v) is 3.74. The SMILES string of the molecule is CCCC(O)c1ccc(C2CCC3(CC2)OCCO3)c(F)c1F. The molecule has 3 nitrogen and oxygen atoms in total. The quantitative estimate of drug-likeness (QED) is 0.901. The fourth-order valence-electron chi connectivity index (χ4n) is 3.74. The Morgan fingerprint density at radius 2 is 1.83 bits per heavy atom. The van der Waals surface area contributed by atoms with Crippen LogP contribution in [-0.2, 0) is 9.47 Å². The summed E-state index contributed by atoms with van der Waals surface area (Å²) in [6, 6.07) is 3.16. The number of aliphatic hydroxyl groups is 1. The summed E-state index contributed by atoms with van der Waals surface area (Å²) in [6.45, 7) is 3.12. The fraction of sp³-hybridized carbons (Fsp3) is 0.667. The number of benzene rings is 1. The first-order valence-electron chi connectivity index (χ1n) is 8.50. The molecule has 1 spiro atoms. The Kier molecular flexibility index (Phi) is 4.99. The summed E-state index contributed by atoms with van der Waals surface area (Å²) < 4.78 is 40.1. The van der Waals surface area contributed by atoms with Crippen LogP contribution in [0.4, 0.5) is 8.78 Å². The maximum atomic E-state index is 14.5. The van der Waals surface area contributed by atoms with Crippen LogP contribution in [0.25, 0.3) is 0 Å². The number of ether oxygens (including phenoxy) is 2. The van der Waals surface area contributed by atoms with Crippen LogP contribution in [0.3, 0.4) is 0 Å². The second kappa shape index (κ2) is 6.83. The lowest BCUT2D eigenvalue weighted by Crippen LogP contribution is -2.34. The zero-order valence-corrected chi connectivity index (χ0v) is 13.5. The van der Waals surface area contributed by atoms with E-state index in [0.29, 0.717) is 57.3 Å². The van der Waals surface area contributed by atoms with Gasteiger partial charge in [-0.15, -0.1) is 0 Å². The van der Waals surface area contributed by atoms with Crippen molar-refractivity contribution in [1.29, 1.82) is 0 Å². The highest BCUT2D eigenvalue weighted by molar-refractivity contribution is 5.30. The summed E-state index contributed by atoms with van der Waals surface area (Å²) >= 11 is 0. The third kappa shape index (κ3) is 3.28. The molecule has 2 fully saturated rings. The minimum Gasteiger partial charge on any atom is -0.388 e. The number of halogens is 2. The van der Waals surface area contributed by atoms with Gasteiger partial charge < -0.3 is 14.6 Å². The molecule has 23 heavy (non-hydrogen) atoms. The summed E-state index contributed by atoms with van der Waals surface area (Å²) in [6.07, 6.45) is 3.04. The first kappa shape index (κ1) is 16.8. The smallest absolute Gasteiger partial charge is 0.168 e. The van der Waals surface area contributed by atoms with Gasteiger partial charge in [0.2, 0.25) is 0 Å². The van der Waals surface area contributed by atoms with Crippen molar-refractivity contribution in [2.24, 2.45) is 0 Å². The van der Waals surface area contributed by atoms with Crippen molar-refractivity contribution < 1.29 is 23.4 Å². The average Bonchev–Trinajstić information content (AvgIpc) is 2.99. The van der Waals surface area contributed by atoms with E-state index in [-0.39, 0.29) is 11.5 Å². The zero-order chi connectivity index (χ0) is 16.4. The first-order valence-corrected chi connectivity index (χ1v) is 8.50. The Morgan fingerprint density at radius 3 is 2.43 bits per heavy atom. The number of aliphatic hydroxyl groups excluding tert-OH is 1. The van der Waals surface area contributed by atoms with Gasteiger partial charge in [-0.1, -0.05) is 25.5 Å². The van der Waals surface area contributed by atoms with Gasteiger partial charge in [-0.05, 0) is 30.7 Å². The molecule has 1 aromatic rings. The van der Waals surface area contributed by atoms with Gasteiger partial charge in [0.15, 0.2) is 17.4 Å². The zero-order valence-electron chi connectivity index (χ0n) is 13.5. The molecule has 3 rings (SSSR count). The lowest BCUT2D eigenvalue weighted by molar-refractivity contribution is -0.178. The van der Waals surface area contributed by atoms with Crippen molar-refractivity contribution in [3.05, 3.63) is 34.9 Å². The molecule has 1 aliphatic carbocycles. The highest BCUT2D eigenvalue weighted by Crippen LogP contribution is 2.43. The van der Waals surface area contributed by atoms with Crippen molar-refractivity contribution in [2.45, 2.75) is 63.3 Å². The second-order valence-corrected chi connectivity index (χ2v) is 6.56. The Morgan fingerprint density at radius 1 is 1.17 bits per heavy atom. The number of hydrogen-bond acceptors (Lipinski definition) is 3. The van der Waals surface area contributed by atoms with E-state index in [9.17, 15) is 13.9 Å². The van der Waals surface area contributed by atoms with Crippen LogP contribution in [0.2, 0.25) is 0 Å². The van der Waals surface area contributed by atoms with Gasteiger partial charge in [-0.25, -0.2) is 8.78 Å². The minimum absolute atomic E-state index is 0.0275. The van der Waals surface area contributed by atoms with E-state index in [2.05, 4.69) is 0 Å². The summed E-state index contributed by atoms with van der Waals surface area (Å²) in [7, 11) is 0. The van der Waals surface area contributed by atoms with Gasteiger partial charge in [-0.2, -0.15) is 0 Å². The van der Waals surface area contributed by atoms with E-state index in [1.165, 1.54) is 6.07 Å². The average molecular weight is 326 g/mol. The van der Waals surface area contributed by atoms with Crippen molar-refractivity contribution in [3.8, 4) is 0 Å². The van der Waals surface area contributed by atoms with Crippen LogP contribution < -0.4 is 0 Å². The van der Waals surface area contributed by atoms with Gasteiger partial charge in [0.05, 0.1) is 19.3 Å². The Hall–Kier alpha value is -1.04. The highest BCUT2D eigenvalue weighted by atomic mass is 19.2. The van der Waals surface area contributed by atoms with E-state index < -0.39 is 23.5 Å². The molecule has 1 saturated heterocycles. The highest BCUT2D eigenvalue weighted by Gasteiger charge is 2.41. The number of hydrogen-bond donors (Lipinski definition) is 1. The van der Waals surface area contributed by atoms with E-state index >= 15 is 0 Å². The van der Waals surface area contributed by atoms with Crippen LogP contribution in [-0.4, -0.2) is 24.1 Å². The molecule has 1 N–H and O–H groups in total. The molecular weight excluding hydrogens is 302 g/mol. The third-order valence-electron chi connectivity index (χ3n) is 5.06. The van der Waals surface area contributed by atoms with Crippen LogP contribution in [0.5, 0.6) is 0 Å². The molecule has 128 valence electrons. The van der Waals surface area contributed by atoms with Crippen LogP contribution >= 0.6 is 0 Å². The molecule has 0 amide bonds. The van der Waals surface area contributed by atoms with Crippen LogP contribution in [0, 0.1) is 11.6 Å². The standard InChI is InChI=1S/C18H24F2O3/c1-2-3-15(21)14-5-4-13(16(19)17(14)20)12-6-8-18(9-7-12)22-10-11-23-18/h4-5,12,15,21H,2-3,6-11H2,1H3. The summed E-state index contributed by atoms with van der Waals surface area (Å²) in [5.74, 6) is -2.24. The Balaban J connectivity index is 1.75. The molecule has 0 aromatic heterocycles. The van der Waals surface area contributed by atoms with Crippen LogP contribution in [0.15, 0.2) is 12.1 Å². The molecule has 1 unspecified atom stereocenters. The van der Waals surface area contributed by atoms with Gasteiger partial charge in [-0.3, -0.25) is 0 Å². The predicted molar refractivity (Wildman–Crippen MR) is 82.1 cm³/mol. The van der Waals surface area contributed by atoms with E-state index in [0.717, 1.165) is 0 Å². The van der Waals surface area contributed by atoms with Crippen molar-refractivity contribution >= 4 is 0 Å². The van der Waals surface area contributed by atoms with Crippen LogP contribution in [0.1, 0.15) is 68.6 Å². The lowest BCUT2D eigenvalue weighted by atomic mass is 9.80. The molecule has 0 bridgehead atoms. The molecule has 1 heterocycles. The summed E-state index contributed by atoms with van der Waals surface area (Å²) in [5, 5.41) is 9.93. The summed E-state index contributed by atoms with van der Waals surface area (Å²) in [4.78, 5) is 0. The van der Waals surface area contributed by atoms with Crippen molar-refractivity contribution in [2.75, 3.05) is 13.2 Å². The molecule has 5 heteroatoms. The van der Waals surface area contributed by atoms with E-state index in [4.69, 9.17) is 9.47 Å². The van der Waals surface area contributed by atoms with Crippen molar-refractivity contribution in [3.63, 3.8) is 0 Å². The lowest BCUT2D eigenvalue weighted by Gasteiger charge is -2.35. The summed E-state index contributed by atoms with van der Waals surface area (Å²) in [5.41, 5.74) is 0.464. The van der Waals surface area contributed by atoms with Crippen molar-refractivity contribution in [1.82, 2.24) is 0 Å². The Labute approximate surface area is 135 Å². The van der Waals surface area contributed by atoms with Gasteiger partial charge in [0.25, 0.3) is 0 Å². The molecule has 1 aliphatic heterocycles. The topological polar surface area (TPSA) is 38.7 Å². The monoisotopic (exact) mass is 326 g/mol. The van der Waals surface area contributed by atoms with Gasteiger partial charge in [0.1, 0.15) is 0 Å². The number of rotatable bonds is 4. The normalized spacial score (nSPS) is 22.6. The predicted octanol–water partition coefficient (Wildman–Crippen LogP) is 4.20. The van der Waals surface area contributed by atoms with E-state index in [1.54, 1.807) is 6.07 Å². The molecular formula is C18H24F2O3. The largest absolute Gasteiger partial charge is 0.388 e. The third-order valence-corrected chi connectivity index (χ3v) is 5.06. The molecule has 1 aromatic carbocycles. The second-order valence-electron chi connectivity index (χ2n) is 6.56. The minimum atomic E-state index is -0.946. The van der Waals surface area contributed by atoms with Gasteiger partial charge in [0, 0.05) is 18.4 Å². The first-order chi connectivity index (χ1) is 11.1. The maximum Gasteiger partial charge on any atom is 0.168 e.